The van der Waals surface area contributed by atoms with Gasteiger partial charge in [0.2, 0.25) is 21.8 Å². The lowest BCUT2D eigenvalue weighted by molar-refractivity contribution is 0.291. The van der Waals surface area contributed by atoms with Crippen LogP contribution in [0.2, 0.25) is 0 Å². The molecular weight excluding hydrogens is 386 g/mol. The van der Waals surface area contributed by atoms with Crippen molar-refractivity contribution in [2.24, 2.45) is 0 Å². The summed E-state index contributed by atoms with van der Waals surface area (Å²) in [5.74, 6) is 1.17. The second-order valence-corrected chi connectivity index (χ2v) is 9.68. The minimum atomic E-state index is -3.48. The topological polar surface area (TPSA) is 76.3 Å². The summed E-state index contributed by atoms with van der Waals surface area (Å²) in [6, 6.07) is 13.2. The highest BCUT2D eigenvalue weighted by Crippen LogP contribution is 2.32. The van der Waals surface area contributed by atoms with E-state index in [9.17, 15) is 8.42 Å². The summed E-state index contributed by atoms with van der Waals surface area (Å²) in [5.41, 5.74) is 4.10. The van der Waals surface area contributed by atoms with Gasteiger partial charge in [0.1, 0.15) is 0 Å². The van der Waals surface area contributed by atoms with E-state index >= 15 is 0 Å². The Hall–Kier alpha value is -2.51. The lowest BCUT2D eigenvalue weighted by Gasteiger charge is -2.29. The van der Waals surface area contributed by atoms with Crippen LogP contribution in [0.4, 0.5) is 0 Å². The number of hydrogen-bond donors (Lipinski definition) is 0. The Kier molecular flexibility index (Phi) is 5.27. The quantitative estimate of drug-likeness (QED) is 0.642. The fourth-order valence-electron chi connectivity index (χ4n) is 3.66. The summed E-state index contributed by atoms with van der Waals surface area (Å²) < 4.78 is 33.4. The third-order valence-corrected chi connectivity index (χ3v) is 7.52. The van der Waals surface area contributed by atoms with Crippen LogP contribution in [-0.2, 0) is 10.0 Å². The molecule has 7 heteroatoms. The first-order chi connectivity index (χ1) is 13.8. The molecular formula is C22H25N3O3S. The number of piperidine rings is 1. The molecule has 2 aromatic carbocycles. The zero-order chi connectivity index (χ0) is 20.6. The van der Waals surface area contributed by atoms with Crippen LogP contribution in [0.1, 0.15) is 41.3 Å². The van der Waals surface area contributed by atoms with Gasteiger partial charge in [-0.3, -0.25) is 0 Å². The highest BCUT2D eigenvalue weighted by molar-refractivity contribution is 7.89. The van der Waals surface area contributed by atoms with Gasteiger partial charge >= 0.3 is 0 Å². The average molecular weight is 412 g/mol. The molecule has 0 aliphatic carbocycles. The van der Waals surface area contributed by atoms with E-state index in [1.165, 1.54) is 0 Å². The Morgan fingerprint density at radius 3 is 2.41 bits per heavy atom. The molecule has 29 heavy (non-hydrogen) atoms. The van der Waals surface area contributed by atoms with Crippen LogP contribution in [0.3, 0.4) is 0 Å². The van der Waals surface area contributed by atoms with Crippen molar-refractivity contribution in [1.82, 2.24) is 14.5 Å². The highest BCUT2D eigenvalue weighted by atomic mass is 32.2. The van der Waals surface area contributed by atoms with E-state index in [2.05, 4.69) is 10.2 Å². The van der Waals surface area contributed by atoms with Crippen molar-refractivity contribution in [2.75, 3.05) is 13.1 Å². The van der Waals surface area contributed by atoms with E-state index in [-0.39, 0.29) is 5.92 Å². The van der Waals surface area contributed by atoms with E-state index in [1.54, 1.807) is 16.4 Å². The van der Waals surface area contributed by atoms with E-state index in [0.717, 1.165) is 22.3 Å². The SMILES string of the molecule is Cc1cccc(-c2nnc(C3CCN(S(=O)(=O)c4ccc(C)c(C)c4)CC3)o2)c1. The summed E-state index contributed by atoms with van der Waals surface area (Å²) in [5, 5.41) is 8.42. The van der Waals surface area contributed by atoms with E-state index in [4.69, 9.17) is 4.42 Å². The third kappa shape index (κ3) is 3.97. The molecule has 3 aromatic rings. The van der Waals surface area contributed by atoms with Crippen LogP contribution in [0.25, 0.3) is 11.5 Å². The lowest BCUT2D eigenvalue weighted by Crippen LogP contribution is -2.38. The van der Waals surface area contributed by atoms with Crippen LogP contribution in [0, 0.1) is 20.8 Å². The van der Waals surface area contributed by atoms with Gasteiger partial charge in [-0.05, 0) is 69.0 Å². The second-order valence-electron chi connectivity index (χ2n) is 7.74. The first kappa shape index (κ1) is 19.8. The van der Waals surface area contributed by atoms with Crippen LogP contribution in [0.15, 0.2) is 51.8 Å². The molecule has 0 atom stereocenters. The maximum Gasteiger partial charge on any atom is 0.247 e. The van der Waals surface area contributed by atoms with Gasteiger partial charge in [-0.2, -0.15) is 4.31 Å². The van der Waals surface area contributed by atoms with Crippen molar-refractivity contribution in [3.63, 3.8) is 0 Å². The molecule has 152 valence electrons. The monoisotopic (exact) mass is 411 g/mol. The molecule has 1 aromatic heterocycles. The van der Waals surface area contributed by atoms with E-state index in [0.29, 0.717) is 42.6 Å². The summed E-state index contributed by atoms with van der Waals surface area (Å²) in [6.45, 7) is 6.82. The summed E-state index contributed by atoms with van der Waals surface area (Å²) in [7, 11) is -3.48. The summed E-state index contributed by atoms with van der Waals surface area (Å²) >= 11 is 0. The van der Waals surface area contributed by atoms with E-state index < -0.39 is 10.0 Å². The predicted octanol–water partition coefficient (Wildman–Crippen LogP) is 4.23. The Morgan fingerprint density at radius 2 is 1.72 bits per heavy atom. The standard InChI is InChI=1S/C22H25N3O3S/c1-15-5-4-6-19(13-15)22-24-23-21(28-22)18-9-11-25(12-10-18)29(26,27)20-8-7-16(2)17(3)14-20/h4-8,13-14,18H,9-12H2,1-3H3. The molecule has 4 rings (SSSR count). The van der Waals surface area contributed by atoms with Crippen molar-refractivity contribution >= 4 is 10.0 Å². The smallest absolute Gasteiger partial charge is 0.247 e. The Balaban J connectivity index is 1.46. The Morgan fingerprint density at radius 1 is 0.966 bits per heavy atom. The molecule has 0 amide bonds. The predicted molar refractivity (Wildman–Crippen MR) is 111 cm³/mol. The summed E-state index contributed by atoms with van der Waals surface area (Å²) in [6.07, 6.45) is 1.33. The zero-order valence-corrected chi connectivity index (χ0v) is 17.7. The highest BCUT2D eigenvalue weighted by Gasteiger charge is 2.32. The number of sulfonamides is 1. The lowest BCUT2D eigenvalue weighted by atomic mass is 9.98. The maximum absolute atomic E-state index is 13.0. The minimum absolute atomic E-state index is 0.0762. The molecule has 0 N–H and O–H groups in total. The van der Waals surface area contributed by atoms with Gasteiger partial charge < -0.3 is 4.42 Å². The van der Waals surface area contributed by atoms with Gasteiger partial charge in [-0.1, -0.05) is 23.8 Å². The average Bonchev–Trinajstić information content (AvgIpc) is 3.20. The Labute approximate surface area is 171 Å². The number of aromatic nitrogens is 2. The number of nitrogens with zero attached hydrogens (tertiary/aromatic N) is 3. The molecule has 0 unspecified atom stereocenters. The largest absolute Gasteiger partial charge is 0.420 e. The number of rotatable bonds is 4. The van der Waals surface area contributed by atoms with Crippen LogP contribution in [-0.4, -0.2) is 36.0 Å². The van der Waals surface area contributed by atoms with Gasteiger partial charge in [0, 0.05) is 24.6 Å². The summed E-state index contributed by atoms with van der Waals surface area (Å²) in [4.78, 5) is 0.360. The molecule has 0 bridgehead atoms. The molecule has 0 saturated carbocycles. The van der Waals surface area contributed by atoms with Crippen molar-refractivity contribution in [1.29, 1.82) is 0 Å². The van der Waals surface area contributed by atoms with Gasteiger partial charge in [0.15, 0.2) is 0 Å². The minimum Gasteiger partial charge on any atom is -0.420 e. The third-order valence-electron chi connectivity index (χ3n) is 5.62. The molecule has 1 aliphatic heterocycles. The van der Waals surface area contributed by atoms with Crippen molar-refractivity contribution < 1.29 is 12.8 Å². The van der Waals surface area contributed by atoms with Gasteiger partial charge in [-0.15, -0.1) is 10.2 Å². The first-order valence-electron chi connectivity index (χ1n) is 9.82. The Bertz CT molecular complexity index is 1130. The van der Waals surface area contributed by atoms with Gasteiger partial charge in [0.05, 0.1) is 4.90 Å². The second kappa shape index (κ2) is 7.72. The molecule has 0 radical (unpaired) electrons. The van der Waals surface area contributed by atoms with Crippen LogP contribution >= 0.6 is 0 Å². The molecule has 0 spiro atoms. The maximum atomic E-state index is 13.0. The zero-order valence-electron chi connectivity index (χ0n) is 16.9. The fourth-order valence-corrected chi connectivity index (χ4v) is 5.22. The fraction of sp³-hybridized carbons (Fsp3) is 0.364. The number of benzene rings is 2. The first-order valence-corrected chi connectivity index (χ1v) is 11.3. The van der Waals surface area contributed by atoms with Gasteiger partial charge in [0.25, 0.3) is 0 Å². The molecule has 6 nitrogen and oxygen atoms in total. The van der Waals surface area contributed by atoms with Crippen molar-refractivity contribution in [3.8, 4) is 11.5 Å². The van der Waals surface area contributed by atoms with E-state index in [1.807, 2.05) is 51.1 Å². The van der Waals surface area contributed by atoms with Crippen LogP contribution in [0.5, 0.6) is 0 Å². The normalized spacial score (nSPS) is 16.2. The number of aryl methyl sites for hydroxylation is 3. The molecule has 2 heterocycles. The van der Waals surface area contributed by atoms with Crippen molar-refractivity contribution in [2.45, 2.75) is 44.4 Å². The van der Waals surface area contributed by atoms with Crippen LogP contribution < -0.4 is 0 Å². The molecule has 1 saturated heterocycles. The molecule has 1 fully saturated rings. The van der Waals surface area contributed by atoms with Crippen molar-refractivity contribution in [3.05, 3.63) is 65.0 Å². The van der Waals surface area contributed by atoms with Gasteiger partial charge in [-0.25, -0.2) is 8.42 Å². The molecule has 1 aliphatic rings. The number of hydrogen-bond acceptors (Lipinski definition) is 5.